The van der Waals surface area contributed by atoms with Gasteiger partial charge in [0.25, 0.3) is 15.9 Å². The van der Waals surface area contributed by atoms with Crippen molar-refractivity contribution >= 4 is 21.6 Å². The number of anilines is 1. The van der Waals surface area contributed by atoms with E-state index >= 15 is 0 Å². The molecule has 1 heterocycles. The van der Waals surface area contributed by atoms with Gasteiger partial charge >= 0.3 is 0 Å². The molecular formula is C23H22N2O4S. The van der Waals surface area contributed by atoms with Crippen LogP contribution in [0.15, 0.2) is 89.8 Å². The highest BCUT2D eigenvalue weighted by Crippen LogP contribution is 2.36. The Balaban J connectivity index is 1.62. The number of para-hydroxylation sites is 2. The Morgan fingerprint density at radius 3 is 2.27 bits per heavy atom. The summed E-state index contributed by atoms with van der Waals surface area (Å²) in [5, 5.41) is 2.92. The minimum absolute atomic E-state index is 0.110. The molecule has 7 heteroatoms. The number of hydrogen-bond acceptors (Lipinski definition) is 4. The van der Waals surface area contributed by atoms with Gasteiger partial charge in [-0.25, -0.2) is 8.42 Å². The van der Waals surface area contributed by atoms with E-state index in [0.717, 1.165) is 5.56 Å². The van der Waals surface area contributed by atoms with Crippen LogP contribution in [0.1, 0.15) is 18.5 Å². The van der Waals surface area contributed by atoms with Crippen LogP contribution in [-0.4, -0.2) is 27.0 Å². The number of sulfonamides is 1. The molecule has 0 aromatic heterocycles. The normalized spacial score (nSPS) is 16.8. The predicted molar refractivity (Wildman–Crippen MR) is 115 cm³/mol. The minimum Gasteiger partial charge on any atom is -0.476 e. The van der Waals surface area contributed by atoms with E-state index in [-0.39, 0.29) is 23.4 Å². The summed E-state index contributed by atoms with van der Waals surface area (Å²) in [6.45, 7) is 1.77. The van der Waals surface area contributed by atoms with Crippen molar-refractivity contribution < 1.29 is 17.9 Å². The van der Waals surface area contributed by atoms with Crippen molar-refractivity contribution in [1.29, 1.82) is 0 Å². The summed E-state index contributed by atoms with van der Waals surface area (Å²) in [6.07, 6.45) is -0.968. The fourth-order valence-corrected chi connectivity index (χ4v) is 4.91. The zero-order valence-electron chi connectivity index (χ0n) is 16.4. The lowest BCUT2D eigenvalue weighted by molar-refractivity contribution is -0.128. The lowest BCUT2D eigenvalue weighted by Gasteiger charge is -2.35. The van der Waals surface area contributed by atoms with Gasteiger partial charge < -0.3 is 10.1 Å². The Kier molecular flexibility index (Phi) is 5.46. The summed E-state index contributed by atoms with van der Waals surface area (Å²) in [4.78, 5) is 13.1. The van der Waals surface area contributed by atoms with Crippen molar-refractivity contribution in [2.75, 3.05) is 10.8 Å². The van der Waals surface area contributed by atoms with Gasteiger partial charge in [0.1, 0.15) is 5.75 Å². The lowest BCUT2D eigenvalue weighted by Crippen LogP contribution is -2.51. The summed E-state index contributed by atoms with van der Waals surface area (Å²) in [6, 6.07) is 24.3. The van der Waals surface area contributed by atoms with E-state index in [4.69, 9.17) is 4.74 Å². The van der Waals surface area contributed by atoms with Crippen molar-refractivity contribution in [2.24, 2.45) is 0 Å². The highest BCUT2D eigenvalue weighted by Gasteiger charge is 2.37. The smallest absolute Gasteiger partial charge is 0.264 e. The molecule has 0 saturated carbocycles. The van der Waals surface area contributed by atoms with Gasteiger partial charge in [-0.3, -0.25) is 9.10 Å². The van der Waals surface area contributed by atoms with Crippen LogP contribution in [0.3, 0.4) is 0 Å². The summed E-state index contributed by atoms with van der Waals surface area (Å²) in [5.74, 6) is -0.00936. The fourth-order valence-electron chi connectivity index (χ4n) is 3.42. The molecule has 2 atom stereocenters. The van der Waals surface area contributed by atoms with Crippen LogP contribution in [0.25, 0.3) is 0 Å². The first-order chi connectivity index (χ1) is 14.5. The molecule has 1 aliphatic heterocycles. The second kappa shape index (κ2) is 8.20. The molecule has 0 aliphatic carbocycles. The van der Waals surface area contributed by atoms with Gasteiger partial charge in [0.2, 0.25) is 0 Å². The molecule has 3 aromatic rings. The summed E-state index contributed by atoms with van der Waals surface area (Å²) >= 11 is 0. The summed E-state index contributed by atoms with van der Waals surface area (Å²) < 4.78 is 33.7. The van der Waals surface area contributed by atoms with Gasteiger partial charge in [0.15, 0.2) is 6.10 Å². The Hall–Kier alpha value is -3.32. The topological polar surface area (TPSA) is 75.7 Å². The quantitative estimate of drug-likeness (QED) is 0.683. The molecule has 0 radical (unpaired) electrons. The molecule has 154 valence electrons. The van der Waals surface area contributed by atoms with Gasteiger partial charge in [-0.05, 0) is 36.8 Å². The molecule has 1 aliphatic rings. The summed E-state index contributed by atoms with van der Waals surface area (Å²) in [5.41, 5.74) is 1.37. The van der Waals surface area contributed by atoms with E-state index in [2.05, 4.69) is 5.32 Å². The van der Waals surface area contributed by atoms with Crippen molar-refractivity contribution in [3.63, 3.8) is 0 Å². The van der Waals surface area contributed by atoms with Crippen LogP contribution in [0.5, 0.6) is 5.75 Å². The number of nitrogens with zero attached hydrogens (tertiary/aromatic N) is 1. The van der Waals surface area contributed by atoms with E-state index in [1.54, 1.807) is 54.6 Å². The SMILES string of the molecule is C[C@@H](NC(=O)[C@H]1CN(S(=O)(=O)c2ccccc2)c2ccccc2O1)c1ccccc1. The van der Waals surface area contributed by atoms with Gasteiger partial charge in [-0.2, -0.15) is 0 Å². The van der Waals surface area contributed by atoms with Crippen LogP contribution >= 0.6 is 0 Å². The molecule has 0 saturated heterocycles. The van der Waals surface area contributed by atoms with Crippen LogP contribution < -0.4 is 14.4 Å². The number of benzene rings is 3. The predicted octanol–water partition coefficient (Wildman–Crippen LogP) is 3.52. The zero-order valence-corrected chi connectivity index (χ0v) is 17.2. The molecule has 3 aromatic carbocycles. The first-order valence-corrected chi connectivity index (χ1v) is 11.1. The van der Waals surface area contributed by atoms with Crippen molar-refractivity contribution in [3.8, 4) is 5.75 Å². The lowest BCUT2D eigenvalue weighted by atomic mass is 10.1. The maximum atomic E-state index is 13.3. The third-order valence-electron chi connectivity index (χ3n) is 5.02. The average molecular weight is 423 g/mol. The van der Waals surface area contributed by atoms with Crippen LogP contribution in [-0.2, 0) is 14.8 Å². The Morgan fingerprint density at radius 1 is 0.967 bits per heavy atom. The summed E-state index contributed by atoms with van der Waals surface area (Å²) in [7, 11) is -3.85. The third kappa shape index (κ3) is 3.89. The van der Waals surface area contributed by atoms with Gasteiger partial charge in [-0.15, -0.1) is 0 Å². The van der Waals surface area contributed by atoms with Gasteiger partial charge in [-0.1, -0.05) is 60.7 Å². The number of ether oxygens (including phenoxy) is 1. The Morgan fingerprint density at radius 2 is 1.57 bits per heavy atom. The van der Waals surface area contributed by atoms with Crippen molar-refractivity contribution in [3.05, 3.63) is 90.5 Å². The molecule has 1 amide bonds. The minimum atomic E-state index is -3.85. The number of carbonyl (C=O) groups excluding carboxylic acids is 1. The Bertz CT molecular complexity index is 1130. The fraction of sp³-hybridized carbons (Fsp3) is 0.174. The molecular weight excluding hydrogens is 400 g/mol. The molecule has 1 N–H and O–H groups in total. The second-order valence-corrected chi connectivity index (χ2v) is 8.93. The Labute approximate surface area is 176 Å². The maximum Gasteiger partial charge on any atom is 0.264 e. The van der Waals surface area contributed by atoms with Gasteiger partial charge in [0, 0.05) is 0 Å². The molecule has 4 rings (SSSR count). The monoisotopic (exact) mass is 422 g/mol. The van der Waals surface area contributed by atoms with Crippen molar-refractivity contribution in [2.45, 2.75) is 24.0 Å². The zero-order chi connectivity index (χ0) is 21.1. The van der Waals surface area contributed by atoms with E-state index in [9.17, 15) is 13.2 Å². The average Bonchev–Trinajstić information content (AvgIpc) is 2.79. The first kappa shape index (κ1) is 20.0. The largest absolute Gasteiger partial charge is 0.476 e. The molecule has 6 nitrogen and oxygen atoms in total. The number of hydrogen-bond donors (Lipinski definition) is 1. The molecule has 0 unspecified atom stereocenters. The molecule has 30 heavy (non-hydrogen) atoms. The number of amides is 1. The van der Waals surface area contributed by atoms with Crippen LogP contribution in [0, 0.1) is 0 Å². The van der Waals surface area contributed by atoms with E-state index < -0.39 is 16.1 Å². The number of nitrogens with one attached hydrogen (secondary N) is 1. The van der Waals surface area contributed by atoms with Gasteiger partial charge in [0.05, 0.1) is 23.2 Å². The molecule has 0 bridgehead atoms. The third-order valence-corrected chi connectivity index (χ3v) is 6.81. The van der Waals surface area contributed by atoms with Crippen LogP contribution in [0.4, 0.5) is 5.69 Å². The van der Waals surface area contributed by atoms with Crippen LogP contribution in [0.2, 0.25) is 0 Å². The highest BCUT2D eigenvalue weighted by atomic mass is 32.2. The standard InChI is InChI=1S/C23H22N2O4S/c1-17(18-10-4-2-5-11-18)24-23(26)22-16-25(20-14-8-9-15-21(20)29-22)30(27,28)19-12-6-3-7-13-19/h2-15,17,22H,16H2,1H3,(H,24,26)/t17-,22-/m1/s1. The van der Waals surface area contributed by atoms with E-state index in [1.807, 2.05) is 37.3 Å². The highest BCUT2D eigenvalue weighted by molar-refractivity contribution is 7.92. The van der Waals surface area contributed by atoms with E-state index in [0.29, 0.717) is 11.4 Å². The van der Waals surface area contributed by atoms with E-state index in [1.165, 1.54) is 4.31 Å². The number of carbonyl (C=O) groups is 1. The first-order valence-electron chi connectivity index (χ1n) is 9.65. The van der Waals surface area contributed by atoms with Crippen molar-refractivity contribution in [1.82, 2.24) is 5.32 Å². The molecule has 0 spiro atoms. The number of rotatable bonds is 5. The number of fused-ring (bicyclic) bond motifs is 1. The maximum absolute atomic E-state index is 13.3. The second-order valence-electron chi connectivity index (χ2n) is 7.06. The molecule has 0 fully saturated rings.